The summed E-state index contributed by atoms with van der Waals surface area (Å²) in [5.41, 5.74) is 1.57. The van der Waals surface area contributed by atoms with E-state index in [4.69, 9.17) is 11.6 Å². The lowest BCUT2D eigenvalue weighted by Crippen LogP contribution is -2.09. The van der Waals surface area contributed by atoms with Gasteiger partial charge in [0, 0.05) is 12.6 Å². The van der Waals surface area contributed by atoms with Crippen LogP contribution >= 0.6 is 27.5 Å². The lowest BCUT2D eigenvalue weighted by atomic mass is 10.2. The van der Waals surface area contributed by atoms with Gasteiger partial charge in [-0.2, -0.15) is 0 Å². The van der Waals surface area contributed by atoms with Crippen molar-refractivity contribution in [2.75, 3.05) is 0 Å². The third-order valence-electron chi connectivity index (χ3n) is 2.72. The zero-order chi connectivity index (χ0) is 13.4. The minimum absolute atomic E-state index is 0.196. The molecule has 2 nitrogen and oxygen atoms in total. The quantitative estimate of drug-likeness (QED) is 0.731. The van der Waals surface area contributed by atoms with Crippen LogP contribution in [0.2, 0.25) is 0 Å². The van der Waals surface area contributed by atoms with Crippen LogP contribution in [0.5, 0.6) is 0 Å². The molecule has 0 aliphatic carbocycles. The Labute approximate surface area is 119 Å². The van der Waals surface area contributed by atoms with Gasteiger partial charge in [0.15, 0.2) is 0 Å². The number of nitrogens with zero attached hydrogens (tertiary/aromatic N) is 2. The van der Waals surface area contributed by atoms with E-state index in [1.54, 1.807) is 6.07 Å². The SMILES string of the molecule is CC(C)Cn1c(C(C)Cl)nc2cc(Br)c(F)cc21. The van der Waals surface area contributed by atoms with Crippen LogP contribution in [0.25, 0.3) is 11.0 Å². The van der Waals surface area contributed by atoms with Crippen molar-refractivity contribution in [2.24, 2.45) is 5.92 Å². The summed E-state index contributed by atoms with van der Waals surface area (Å²) < 4.78 is 16.1. The van der Waals surface area contributed by atoms with E-state index >= 15 is 0 Å². The lowest BCUT2D eigenvalue weighted by molar-refractivity contribution is 0.516. The van der Waals surface area contributed by atoms with E-state index in [0.29, 0.717) is 10.4 Å². The molecule has 1 aromatic carbocycles. The van der Waals surface area contributed by atoms with Crippen LogP contribution in [-0.2, 0) is 6.54 Å². The zero-order valence-electron chi connectivity index (χ0n) is 10.5. The molecule has 18 heavy (non-hydrogen) atoms. The van der Waals surface area contributed by atoms with E-state index in [-0.39, 0.29) is 11.2 Å². The van der Waals surface area contributed by atoms with Gasteiger partial charge in [-0.1, -0.05) is 13.8 Å². The highest BCUT2D eigenvalue weighted by Crippen LogP contribution is 2.29. The molecule has 0 fully saturated rings. The van der Waals surface area contributed by atoms with E-state index in [1.165, 1.54) is 6.07 Å². The second kappa shape index (κ2) is 5.17. The molecule has 1 atom stereocenters. The van der Waals surface area contributed by atoms with Crippen molar-refractivity contribution >= 4 is 38.6 Å². The first-order valence-electron chi connectivity index (χ1n) is 5.89. The standard InChI is InChI=1S/C13H15BrClFN2/c1-7(2)6-18-12-5-10(16)9(14)4-11(12)17-13(18)8(3)15/h4-5,7-8H,6H2,1-3H3. The molecule has 0 spiro atoms. The molecule has 2 aromatic rings. The minimum atomic E-state index is -0.277. The second-order valence-electron chi connectivity index (χ2n) is 4.85. The summed E-state index contributed by atoms with van der Waals surface area (Å²) in [4.78, 5) is 4.50. The number of hydrogen-bond donors (Lipinski definition) is 0. The van der Waals surface area contributed by atoms with Crippen molar-refractivity contribution in [3.8, 4) is 0 Å². The summed E-state index contributed by atoms with van der Waals surface area (Å²) in [6.07, 6.45) is 0. The van der Waals surface area contributed by atoms with Crippen LogP contribution in [0.4, 0.5) is 4.39 Å². The molecular formula is C13H15BrClFN2. The van der Waals surface area contributed by atoms with Crippen molar-refractivity contribution in [3.63, 3.8) is 0 Å². The van der Waals surface area contributed by atoms with Gasteiger partial charge in [0.05, 0.1) is 20.9 Å². The van der Waals surface area contributed by atoms with Gasteiger partial charge in [-0.05, 0) is 34.8 Å². The molecular weight excluding hydrogens is 319 g/mol. The summed E-state index contributed by atoms with van der Waals surface area (Å²) in [5.74, 6) is 0.960. The summed E-state index contributed by atoms with van der Waals surface area (Å²) in [7, 11) is 0. The Morgan fingerprint density at radius 1 is 1.39 bits per heavy atom. The topological polar surface area (TPSA) is 17.8 Å². The lowest BCUT2D eigenvalue weighted by Gasteiger charge is -2.12. The van der Waals surface area contributed by atoms with Crippen molar-refractivity contribution < 1.29 is 4.39 Å². The Balaban J connectivity index is 2.68. The van der Waals surface area contributed by atoms with E-state index in [9.17, 15) is 4.39 Å². The summed E-state index contributed by atoms with van der Waals surface area (Å²) in [6, 6.07) is 3.21. The predicted octanol–water partition coefficient (Wildman–Crippen LogP) is 4.89. The molecule has 0 bridgehead atoms. The maximum Gasteiger partial charge on any atom is 0.139 e. The van der Waals surface area contributed by atoms with Crippen LogP contribution in [0.15, 0.2) is 16.6 Å². The monoisotopic (exact) mass is 332 g/mol. The van der Waals surface area contributed by atoms with Gasteiger partial charge in [0.2, 0.25) is 0 Å². The summed E-state index contributed by atoms with van der Waals surface area (Å²) >= 11 is 9.33. The molecule has 0 saturated heterocycles. The molecule has 0 amide bonds. The van der Waals surface area contributed by atoms with E-state index in [2.05, 4.69) is 34.8 Å². The zero-order valence-corrected chi connectivity index (χ0v) is 12.9. The van der Waals surface area contributed by atoms with Gasteiger partial charge in [0.1, 0.15) is 11.6 Å². The number of aromatic nitrogens is 2. The van der Waals surface area contributed by atoms with E-state index < -0.39 is 0 Å². The van der Waals surface area contributed by atoms with Gasteiger partial charge >= 0.3 is 0 Å². The average molecular weight is 334 g/mol. The first kappa shape index (κ1) is 13.8. The molecule has 98 valence electrons. The van der Waals surface area contributed by atoms with Gasteiger partial charge < -0.3 is 4.57 Å². The first-order valence-corrected chi connectivity index (χ1v) is 7.12. The Hall–Kier alpha value is -0.610. The van der Waals surface area contributed by atoms with Crippen molar-refractivity contribution in [1.29, 1.82) is 0 Å². The normalized spacial score (nSPS) is 13.5. The highest BCUT2D eigenvalue weighted by Gasteiger charge is 2.17. The molecule has 0 aliphatic rings. The molecule has 0 N–H and O–H groups in total. The number of fused-ring (bicyclic) bond motifs is 1. The Morgan fingerprint density at radius 2 is 2.06 bits per heavy atom. The number of alkyl halides is 1. The van der Waals surface area contributed by atoms with Crippen LogP contribution < -0.4 is 0 Å². The fourth-order valence-electron chi connectivity index (χ4n) is 2.00. The molecule has 0 aliphatic heterocycles. The Morgan fingerprint density at radius 3 is 2.61 bits per heavy atom. The largest absolute Gasteiger partial charge is 0.326 e. The fourth-order valence-corrected chi connectivity index (χ4v) is 2.50. The predicted molar refractivity (Wildman–Crippen MR) is 76.5 cm³/mol. The van der Waals surface area contributed by atoms with Crippen LogP contribution in [0.3, 0.4) is 0 Å². The second-order valence-corrected chi connectivity index (χ2v) is 6.35. The molecule has 0 radical (unpaired) electrons. The molecule has 0 saturated carbocycles. The van der Waals surface area contributed by atoms with Crippen LogP contribution in [-0.4, -0.2) is 9.55 Å². The first-order chi connectivity index (χ1) is 8.40. The summed E-state index contributed by atoms with van der Waals surface area (Å²) in [6.45, 7) is 6.89. The Bertz CT molecular complexity index is 578. The molecule has 5 heteroatoms. The maximum atomic E-state index is 13.7. The molecule has 1 aromatic heterocycles. The Kier molecular flexibility index (Phi) is 3.97. The number of imidazole rings is 1. The third-order valence-corrected chi connectivity index (χ3v) is 3.53. The van der Waals surface area contributed by atoms with Crippen LogP contribution in [0, 0.1) is 11.7 Å². The van der Waals surface area contributed by atoms with Gasteiger partial charge in [-0.15, -0.1) is 11.6 Å². The third kappa shape index (κ3) is 2.54. The maximum absolute atomic E-state index is 13.7. The van der Waals surface area contributed by atoms with Gasteiger partial charge in [-0.25, -0.2) is 9.37 Å². The molecule has 1 heterocycles. The highest BCUT2D eigenvalue weighted by atomic mass is 79.9. The van der Waals surface area contributed by atoms with E-state index in [0.717, 1.165) is 23.4 Å². The van der Waals surface area contributed by atoms with Crippen LogP contribution in [0.1, 0.15) is 32.0 Å². The molecule has 1 unspecified atom stereocenters. The molecule has 2 rings (SSSR count). The fraction of sp³-hybridized carbons (Fsp3) is 0.462. The average Bonchev–Trinajstić information content (AvgIpc) is 2.57. The van der Waals surface area contributed by atoms with E-state index in [1.807, 2.05) is 11.5 Å². The minimum Gasteiger partial charge on any atom is -0.326 e. The number of benzene rings is 1. The number of rotatable bonds is 3. The van der Waals surface area contributed by atoms with Gasteiger partial charge in [0.25, 0.3) is 0 Å². The highest BCUT2D eigenvalue weighted by molar-refractivity contribution is 9.10. The van der Waals surface area contributed by atoms with Crippen molar-refractivity contribution in [2.45, 2.75) is 32.7 Å². The van der Waals surface area contributed by atoms with Crippen molar-refractivity contribution in [1.82, 2.24) is 9.55 Å². The number of halogens is 3. The smallest absolute Gasteiger partial charge is 0.139 e. The van der Waals surface area contributed by atoms with Crippen molar-refractivity contribution in [3.05, 3.63) is 28.2 Å². The number of hydrogen-bond acceptors (Lipinski definition) is 1. The van der Waals surface area contributed by atoms with Gasteiger partial charge in [-0.3, -0.25) is 0 Å². The summed E-state index contributed by atoms with van der Waals surface area (Å²) in [5, 5.41) is -0.196.